The lowest BCUT2D eigenvalue weighted by Gasteiger charge is -2.17. The van der Waals surface area contributed by atoms with Crippen LogP contribution in [0.3, 0.4) is 0 Å². The topological polar surface area (TPSA) is 51.2 Å². The summed E-state index contributed by atoms with van der Waals surface area (Å²) < 4.78 is 43.5. The highest BCUT2D eigenvalue weighted by Gasteiger charge is 2.31. The SMILES string of the molecule is NNC(c1cccc(C(F)(F)F)c1)c1ccoc1Br. The second-order valence-corrected chi connectivity index (χ2v) is 4.59. The monoisotopic (exact) mass is 334 g/mol. The molecular weight excluding hydrogens is 325 g/mol. The fraction of sp³-hybridized carbons (Fsp3) is 0.167. The summed E-state index contributed by atoms with van der Waals surface area (Å²) in [7, 11) is 0. The van der Waals surface area contributed by atoms with Crippen molar-refractivity contribution < 1.29 is 17.6 Å². The fourth-order valence-corrected chi connectivity index (χ4v) is 2.24. The van der Waals surface area contributed by atoms with Crippen LogP contribution in [0, 0.1) is 0 Å². The van der Waals surface area contributed by atoms with Crippen molar-refractivity contribution in [3.8, 4) is 0 Å². The van der Waals surface area contributed by atoms with Gasteiger partial charge in [-0.25, -0.2) is 5.43 Å². The highest BCUT2D eigenvalue weighted by Crippen LogP contribution is 2.33. The third-order valence-corrected chi connectivity index (χ3v) is 3.32. The van der Waals surface area contributed by atoms with E-state index in [9.17, 15) is 13.2 Å². The van der Waals surface area contributed by atoms with Crippen LogP contribution >= 0.6 is 15.9 Å². The number of benzene rings is 1. The van der Waals surface area contributed by atoms with E-state index in [1.807, 2.05) is 0 Å². The molecule has 1 aromatic heterocycles. The van der Waals surface area contributed by atoms with E-state index in [2.05, 4.69) is 21.4 Å². The van der Waals surface area contributed by atoms with Gasteiger partial charge in [0.15, 0.2) is 4.67 Å². The zero-order chi connectivity index (χ0) is 14.0. The Bertz CT molecular complexity index is 568. The Kier molecular flexibility index (Phi) is 3.98. The lowest BCUT2D eigenvalue weighted by Crippen LogP contribution is -2.29. The minimum atomic E-state index is -4.39. The van der Waals surface area contributed by atoms with Crippen molar-refractivity contribution in [1.29, 1.82) is 0 Å². The van der Waals surface area contributed by atoms with Gasteiger partial charge in [0.05, 0.1) is 17.9 Å². The predicted molar refractivity (Wildman–Crippen MR) is 67.0 cm³/mol. The Morgan fingerprint density at radius 1 is 1.26 bits per heavy atom. The number of halogens is 4. The molecule has 0 aliphatic heterocycles. The molecule has 0 aliphatic rings. The summed E-state index contributed by atoms with van der Waals surface area (Å²) >= 11 is 3.18. The van der Waals surface area contributed by atoms with Crippen molar-refractivity contribution in [2.24, 2.45) is 5.84 Å². The van der Waals surface area contributed by atoms with Crippen molar-refractivity contribution in [2.45, 2.75) is 12.2 Å². The molecule has 0 radical (unpaired) electrons. The van der Waals surface area contributed by atoms with Gasteiger partial charge in [-0.05, 0) is 39.7 Å². The van der Waals surface area contributed by atoms with Crippen LogP contribution in [-0.4, -0.2) is 0 Å². The minimum Gasteiger partial charge on any atom is -0.457 e. The largest absolute Gasteiger partial charge is 0.457 e. The Balaban J connectivity index is 2.42. The van der Waals surface area contributed by atoms with Gasteiger partial charge < -0.3 is 4.42 Å². The first kappa shape index (κ1) is 14.1. The molecule has 7 heteroatoms. The molecule has 0 saturated heterocycles. The minimum absolute atomic E-state index is 0.402. The maximum absolute atomic E-state index is 12.7. The van der Waals surface area contributed by atoms with Crippen LogP contribution in [0.5, 0.6) is 0 Å². The molecule has 0 spiro atoms. The first-order valence-electron chi connectivity index (χ1n) is 5.29. The first-order valence-corrected chi connectivity index (χ1v) is 6.09. The van der Waals surface area contributed by atoms with Crippen molar-refractivity contribution in [1.82, 2.24) is 5.43 Å². The second-order valence-electron chi connectivity index (χ2n) is 3.87. The van der Waals surface area contributed by atoms with E-state index < -0.39 is 17.8 Å². The van der Waals surface area contributed by atoms with Gasteiger partial charge in [-0.15, -0.1) is 0 Å². The molecule has 102 valence electrons. The Morgan fingerprint density at radius 2 is 2.00 bits per heavy atom. The molecule has 0 bridgehead atoms. The predicted octanol–water partition coefficient (Wildman–Crippen LogP) is 3.61. The molecule has 3 N–H and O–H groups in total. The van der Waals surface area contributed by atoms with E-state index in [1.54, 1.807) is 12.1 Å². The number of hydrogen-bond acceptors (Lipinski definition) is 3. The molecule has 19 heavy (non-hydrogen) atoms. The zero-order valence-corrected chi connectivity index (χ0v) is 11.1. The number of hydrogen-bond donors (Lipinski definition) is 2. The van der Waals surface area contributed by atoms with Crippen molar-refractivity contribution in [3.05, 3.63) is 58.0 Å². The molecule has 0 saturated carbocycles. The Morgan fingerprint density at radius 3 is 2.53 bits per heavy atom. The van der Waals surface area contributed by atoms with E-state index in [0.717, 1.165) is 12.1 Å². The first-order chi connectivity index (χ1) is 8.93. The molecule has 0 amide bonds. The highest BCUT2D eigenvalue weighted by atomic mass is 79.9. The number of furan rings is 1. The van der Waals surface area contributed by atoms with E-state index in [-0.39, 0.29) is 0 Å². The van der Waals surface area contributed by atoms with Gasteiger partial charge in [-0.2, -0.15) is 13.2 Å². The summed E-state index contributed by atoms with van der Waals surface area (Å²) in [4.78, 5) is 0. The third kappa shape index (κ3) is 2.99. The summed E-state index contributed by atoms with van der Waals surface area (Å²) in [5.74, 6) is 5.43. The van der Waals surface area contributed by atoms with Crippen LogP contribution in [0.1, 0.15) is 22.7 Å². The molecular formula is C12H10BrF3N2O. The quantitative estimate of drug-likeness (QED) is 0.665. The Hall–Kier alpha value is -1.31. The van der Waals surface area contributed by atoms with E-state index in [4.69, 9.17) is 10.3 Å². The van der Waals surface area contributed by atoms with Crippen molar-refractivity contribution in [3.63, 3.8) is 0 Å². The molecule has 3 nitrogen and oxygen atoms in total. The lowest BCUT2D eigenvalue weighted by atomic mass is 10.00. The molecule has 2 rings (SSSR count). The van der Waals surface area contributed by atoms with Crippen LogP contribution in [-0.2, 0) is 6.18 Å². The van der Waals surface area contributed by atoms with Gasteiger partial charge in [0.1, 0.15) is 0 Å². The van der Waals surface area contributed by atoms with Gasteiger partial charge in [-0.1, -0.05) is 12.1 Å². The summed E-state index contributed by atoms with van der Waals surface area (Å²) in [6, 6.07) is 6.03. The second kappa shape index (κ2) is 5.36. The van der Waals surface area contributed by atoms with Crippen LogP contribution in [0.4, 0.5) is 13.2 Å². The third-order valence-electron chi connectivity index (χ3n) is 2.67. The number of nitrogens with one attached hydrogen (secondary N) is 1. The summed E-state index contributed by atoms with van der Waals surface area (Å²) in [5, 5.41) is 0. The maximum Gasteiger partial charge on any atom is 0.416 e. The summed E-state index contributed by atoms with van der Waals surface area (Å²) in [6.45, 7) is 0. The van der Waals surface area contributed by atoms with Gasteiger partial charge >= 0.3 is 6.18 Å². The number of rotatable bonds is 3. The average molecular weight is 335 g/mol. The van der Waals surface area contributed by atoms with Crippen molar-refractivity contribution in [2.75, 3.05) is 0 Å². The van der Waals surface area contributed by atoms with Crippen LogP contribution in [0.2, 0.25) is 0 Å². The number of alkyl halides is 3. The van der Waals surface area contributed by atoms with E-state index >= 15 is 0 Å². The zero-order valence-electron chi connectivity index (χ0n) is 9.54. The van der Waals surface area contributed by atoms with Gasteiger partial charge in [-0.3, -0.25) is 5.84 Å². The molecule has 1 unspecified atom stereocenters. The molecule has 0 aliphatic carbocycles. The maximum atomic E-state index is 12.7. The molecule has 0 fully saturated rings. The van der Waals surface area contributed by atoms with E-state index in [0.29, 0.717) is 15.8 Å². The number of hydrazine groups is 1. The lowest BCUT2D eigenvalue weighted by molar-refractivity contribution is -0.137. The number of nitrogens with two attached hydrogens (primary N) is 1. The standard InChI is InChI=1S/C12H10BrF3N2O/c13-11-9(4-5-19-11)10(18-17)7-2-1-3-8(6-7)12(14,15)16/h1-6,10,18H,17H2. The van der Waals surface area contributed by atoms with Crippen LogP contribution in [0.15, 0.2) is 45.7 Å². The average Bonchev–Trinajstić information content (AvgIpc) is 2.76. The van der Waals surface area contributed by atoms with Gasteiger partial charge in [0.2, 0.25) is 0 Å². The normalized spacial score (nSPS) is 13.5. The summed E-state index contributed by atoms with van der Waals surface area (Å²) in [5.41, 5.74) is 2.79. The van der Waals surface area contributed by atoms with Crippen molar-refractivity contribution >= 4 is 15.9 Å². The molecule has 1 aromatic carbocycles. The molecule has 2 aromatic rings. The fourth-order valence-electron chi connectivity index (χ4n) is 1.77. The van der Waals surface area contributed by atoms with Gasteiger partial charge in [0, 0.05) is 5.56 Å². The van der Waals surface area contributed by atoms with Crippen LogP contribution < -0.4 is 11.3 Å². The smallest absolute Gasteiger partial charge is 0.416 e. The van der Waals surface area contributed by atoms with Crippen LogP contribution in [0.25, 0.3) is 0 Å². The molecule has 1 heterocycles. The summed E-state index contributed by atoms with van der Waals surface area (Å²) in [6.07, 6.45) is -2.96. The Labute approximate surface area is 115 Å². The molecule has 1 atom stereocenters. The van der Waals surface area contributed by atoms with Gasteiger partial charge in [0.25, 0.3) is 0 Å². The highest BCUT2D eigenvalue weighted by molar-refractivity contribution is 9.10. The van der Waals surface area contributed by atoms with E-state index in [1.165, 1.54) is 12.3 Å².